The molecule has 2 N–H and O–H groups in total. The molecule has 0 fully saturated rings. The van der Waals surface area contributed by atoms with Crippen LogP contribution in [0.4, 0.5) is 0 Å². The monoisotopic (exact) mass is 272 g/mol. The Morgan fingerprint density at radius 2 is 2.00 bits per heavy atom. The van der Waals surface area contributed by atoms with E-state index in [0.717, 1.165) is 18.4 Å². The fraction of sp³-hybridized carbons (Fsp3) is 0.375. The molecule has 0 bridgehead atoms. The molecule has 0 aliphatic heterocycles. The largest absolute Gasteiger partial charge is 0.355 e. The van der Waals surface area contributed by atoms with Crippen LogP contribution >= 0.6 is 0 Å². The number of nitrogens with one attached hydrogen (secondary N) is 2. The van der Waals surface area contributed by atoms with E-state index >= 15 is 0 Å². The first-order chi connectivity index (χ1) is 9.69. The Balaban J connectivity index is 1.79. The van der Waals surface area contributed by atoms with Crippen LogP contribution in [0, 0.1) is 5.92 Å². The van der Waals surface area contributed by atoms with Gasteiger partial charge in [-0.1, -0.05) is 24.3 Å². The molecule has 1 aliphatic carbocycles. The van der Waals surface area contributed by atoms with Crippen LogP contribution in [-0.2, 0) is 11.3 Å². The van der Waals surface area contributed by atoms with Crippen LogP contribution in [0.5, 0.6) is 0 Å². The molecule has 106 valence electrons. The van der Waals surface area contributed by atoms with E-state index in [1.807, 2.05) is 12.1 Å². The highest BCUT2D eigenvalue weighted by Gasteiger charge is 2.13. The molecule has 4 nitrogen and oxygen atoms in total. The Morgan fingerprint density at radius 1 is 1.25 bits per heavy atom. The topological polar surface area (TPSA) is 58.2 Å². The van der Waals surface area contributed by atoms with Gasteiger partial charge in [0.05, 0.1) is 0 Å². The molecule has 0 radical (unpaired) electrons. The van der Waals surface area contributed by atoms with Crippen molar-refractivity contribution in [3.05, 3.63) is 47.5 Å². The lowest BCUT2D eigenvalue weighted by Gasteiger charge is -2.09. The number of carbonyl (C=O) groups excluding carboxylic acids is 2. The number of hydrogen-bond acceptors (Lipinski definition) is 2. The first kappa shape index (κ1) is 14.3. The third kappa shape index (κ3) is 3.95. The van der Waals surface area contributed by atoms with Crippen molar-refractivity contribution in [1.82, 2.24) is 10.6 Å². The lowest BCUT2D eigenvalue weighted by molar-refractivity contribution is -0.121. The van der Waals surface area contributed by atoms with Gasteiger partial charge in [-0.05, 0) is 36.5 Å². The highest BCUT2D eigenvalue weighted by Crippen LogP contribution is 2.20. The summed E-state index contributed by atoms with van der Waals surface area (Å²) in [4.78, 5) is 23.2. The average Bonchev–Trinajstić information content (AvgIpc) is 2.97. The maximum absolute atomic E-state index is 11.8. The highest BCUT2D eigenvalue weighted by atomic mass is 16.2. The number of hydrogen-bond donors (Lipinski definition) is 2. The van der Waals surface area contributed by atoms with E-state index < -0.39 is 0 Å². The van der Waals surface area contributed by atoms with E-state index in [1.165, 1.54) is 0 Å². The molecular weight excluding hydrogens is 252 g/mol. The summed E-state index contributed by atoms with van der Waals surface area (Å²) in [5.41, 5.74) is 1.62. The van der Waals surface area contributed by atoms with Gasteiger partial charge in [0.15, 0.2) is 0 Å². The molecule has 1 aliphatic rings. The minimum atomic E-state index is -0.103. The van der Waals surface area contributed by atoms with Crippen molar-refractivity contribution in [2.75, 3.05) is 7.05 Å². The Morgan fingerprint density at radius 3 is 2.60 bits per heavy atom. The molecule has 1 aromatic carbocycles. The maximum atomic E-state index is 11.8. The predicted molar refractivity (Wildman–Crippen MR) is 78.2 cm³/mol. The molecule has 0 saturated carbocycles. The van der Waals surface area contributed by atoms with Crippen LogP contribution in [0.15, 0.2) is 36.4 Å². The lowest BCUT2D eigenvalue weighted by atomic mass is 10.0. The van der Waals surface area contributed by atoms with Crippen molar-refractivity contribution in [2.45, 2.75) is 25.8 Å². The smallest absolute Gasteiger partial charge is 0.251 e. The van der Waals surface area contributed by atoms with Gasteiger partial charge in [-0.2, -0.15) is 0 Å². The van der Waals surface area contributed by atoms with E-state index in [2.05, 4.69) is 22.8 Å². The molecule has 0 saturated heterocycles. The molecule has 2 rings (SSSR count). The molecular formula is C16H20N2O2. The van der Waals surface area contributed by atoms with Gasteiger partial charge in [-0.3, -0.25) is 9.59 Å². The summed E-state index contributed by atoms with van der Waals surface area (Å²) >= 11 is 0. The van der Waals surface area contributed by atoms with Gasteiger partial charge in [0.2, 0.25) is 5.91 Å². The second-order valence-electron chi connectivity index (χ2n) is 5.02. The average molecular weight is 272 g/mol. The van der Waals surface area contributed by atoms with E-state index in [4.69, 9.17) is 0 Å². The second kappa shape index (κ2) is 6.89. The van der Waals surface area contributed by atoms with Crippen molar-refractivity contribution >= 4 is 11.8 Å². The summed E-state index contributed by atoms with van der Waals surface area (Å²) in [5.74, 6) is 0.371. The summed E-state index contributed by atoms with van der Waals surface area (Å²) in [6.07, 6.45) is 6.98. The molecule has 0 heterocycles. The van der Waals surface area contributed by atoms with E-state index in [1.54, 1.807) is 19.2 Å². The Labute approximate surface area is 119 Å². The van der Waals surface area contributed by atoms with Crippen LogP contribution < -0.4 is 10.6 Å². The number of amides is 2. The zero-order chi connectivity index (χ0) is 14.4. The maximum Gasteiger partial charge on any atom is 0.251 e. The van der Waals surface area contributed by atoms with Crippen molar-refractivity contribution in [3.63, 3.8) is 0 Å². The van der Waals surface area contributed by atoms with Crippen LogP contribution in [0.25, 0.3) is 0 Å². The Bertz CT molecular complexity index is 506. The van der Waals surface area contributed by atoms with E-state index in [0.29, 0.717) is 24.4 Å². The Kier molecular flexibility index (Phi) is 4.93. The molecule has 0 aromatic heterocycles. The zero-order valence-corrected chi connectivity index (χ0v) is 11.7. The molecule has 20 heavy (non-hydrogen) atoms. The van der Waals surface area contributed by atoms with Crippen LogP contribution in [0.3, 0.4) is 0 Å². The second-order valence-corrected chi connectivity index (χ2v) is 5.02. The minimum absolute atomic E-state index is 0.0805. The van der Waals surface area contributed by atoms with Crippen LogP contribution in [-0.4, -0.2) is 18.9 Å². The predicted octanol–water partition coefficient (Wildman–Crippen LogP) is 2.02. The highest BCUT2D eigenvalue weighted by molar-refractivity contribution is 5.93. The number of allylic oxidation sites excluding steroid dienone is 2. The molecule has 1 aromatic rings. The van der Waals surface area contributed by atoms with Crippen LogP contribution in [0.2, 0.25) is 0 Å². The fourth-order valence-corrected chi connectivity index (χ4v) is 2.29. The number of carbonyl (C=O) groups is 2. The summed E-state index contributed by atoms with van der Waals surface area (Å²) in [6, 6.07) is 7.25. The minimum Gasteiger partial charge on any atom is -0.355 e. The normalized spacial score (nSPS) is 16.9. The van der Waals surface area contributed by atoms with Gasteiger partial charge in [0.25, 0.3) is 5.91 Å². The summed E-state index contributed by atoms with van der Waals surface area (Å²) in [5, 5.41) is 5.49. The summed E-state index contributed by atoms with van der Waals surface area (Å²) in [6.45, 7) is 0.503. The van der Waals surface area contributed by atoms with Crippen molar-refractivity contribution < 1.29 is 9.59 Å². The van der Waals surface area contributed by atoms with Crippen molar-refractivity contribution in [1.29, 1.82) is 0 Å². The van der Waals surface area contributed by atoms with Gasteiger partial charge in [-0.15, -0.1) is 0 Å². The van der Waals surface area contributed by atoms with Gasteiger partial charge >= 0.3 is 0 Å². The van der Waals surface area contributed by atoms with E-state index in [9.17, 15) is 9.59 Å². The zero-order valence-electron chi connectivity index (χ0n) is 11.7. The van der Waals surface area contributed by atoms with Crippen LogP contribution in [0.1, 0.15) is 35.2 Å². The van der Waals surface area contributed by atoms with Gasteiger partial charge in [-0.25, -0.2) is 0 Å². The first-order valence-corrected chi connectivity index (χ1v) is 6.93. The van der Waals surface area contributed by atoms with Crippen molar-refractivity contribution in [3.8, 4) is 0 Å². The van der Waals surface area contributed by atoms with Gasteiger partial charge in [0.1, 0.15) is 0 Å². The molecule has 1 atom stereocenters. The lowest BCUT2D eigenvalue weighted by Crippen LogP contribution is -2.24. The molecule has 1 unspecified atom stereocenters. The third-order valence-electron chi connectivity index (χ3n) is 3.49. The van der Waals surface area contributed by atoms with Gasteiger partial charge < -0.3 is 10.6 Å². The molecule has 4 heteroatoms. The van der Waals surface area contributed by atoms with Crippen molar-refractivity contribution in [2.24, 2.45) is 5.92 Å². The standard InChI is InChI=1S/C16H20N2O2/c1-17-16(20)14-8-6-13(7-9-14)11-18-15(19)10-12-4-2-3-5-12/h2,4,6-9,12H,3,5,10-11H2,1H3,(H,17,20)(H,18,19). The summed E-state index contributed by atoms with van der Waals surface area (Å²) in [7, 11) is 1.61. The Hall–Kier alpha value is -2.10. The third-order valence-corrected chi connectivity index (χ3v) is 3.49. The van der Waals surface area contributed by atoms with Gasteiger partial charge in [0, 0.05) is 25.6 Å². The number of benzene rings is 1. The SMILES string of the molecule is CNC(=O)c1ccc(CNC(=O)CC2C=CCC2)cc1. The molecule has 2 amide bonds. The quantitative estimate of drug-likeness (QED) is 0.806. The first-order valence-electron chi connectivity index (χ1n) is 6.93. The fourth-order valence-electron chi connectivity index (χ4n) is 2.29. The number of rotatable bonds is 5. The molecule has 0 spiro atoms. The summed E-state index contributed by atoms with van der Waals surface area (Å²) < 4.78 is 0. The van der Waals surface area contributed by atoms with E-state index in [-0.39, 0.29) is 11.8 Å².